The lowest BCUT2D eigenvalue weighted by molar-refractivity contribution is -0.220. The molecule has 1 aliphatic rings. The second kappa shape index (κ2) is 34.5. The summed E-state index contributed by atoms with van der Waals surface area (Å²) in [5.41, 5.74) is 0. The van der Waals surface area contributed by atoms with Crippen LogP contribution in [-0.2, 0) is 37.5 Å². The van der Waals surface area contributed by atoms with Crippen LogP contribution in [0.2, 0.25) is 0 Å². The van der Waals surface area contributed by atoms with Crippen LogP contribution in [0.5, 0.6) is 0 Å². The lowest BCUT2D eigenvalue weighted by Gasteiger charge is -2.41. The van der Waals surface area contributed by atoms with Crippen LogP contribution in [0.1, 0.15) is 136 Å². The van der Waals surface area contributed by atoms with Gasteiger partial charge in [0.15, 0.2) is 11.9 Å². The highest BCUT2D eigenvalue weighted by atomic mass is 31.2. The number of carbonyl (C=O) groups excluding carboxylic acids is 3. The number of unbranched alkanes of at least 4 members (excludes halogenated alkanes) is 9. The van der Waals surface area contributed by atoms with Gasteiger partial charge in [-0.15, -0.1) is 0 Å². The molecule has 0 spiro atoms. The zero-order valence-electron chi connectivity index (χ0n) is 35.7. The van der Waals surface area contributed by atoms with Gasteiger partial charge >= 0.3 is 19.8 Å². The molecule has 1 rings (SSSR count). The third-order valence-corrected chi connectivity index (χ3v) is 10.5. The minimum atomic E-state index is -5.19. The highest BCUT2D eigenvalue weighted by Crippen LogP contribution is 2.47. The molecule has 0 bridgehead atoms. The van der Waals surface area contributed by atoms with Gasteiger partial charge < -0.3 is 39.9 Å². The van der Waals surface area contributed by atoms with Crippen molar-refractivity contribution >= 4 is 25.5 Å². The lowest BCUT2D eigenvalue weighted by Crippen LogP contribution is -2.64. The molecule has 6 N–H and O–H groups in total. The first-order chi connectivity index (χ1) is 28.8. The first-order valence-corrected chi connectivity index (χ1v) is 23.2. The molecule has 0 radical (unpaired) electrons. The molecule has 0 aromatic heterocycles. The molecule has 14 nitrogen and oxygen atoms in total. The van der Waals surface area contributed by atoms with Crippen LogP contribution in [-0.4, -0.2) is 104 Å². The molecule has 0 amide bonds. The number of aliphatic hydroxyl groups is 5. The Balaban J connectivity index is 2.61. The van der Waals surface area contributed by atoms with Gasteiger partial charge in [-0.25, -0.2) is 4.57 Å². The maximum atomic E-state index is 12.8. The van der Waals surface area contributed by atoms with Crippen molar-refractivity contribution in [2.45, 2.75) is 179 Å². The van der Waals surface area contributed by atoms with Crippen molar-refractivity contribution in [2.24, 2.45) is 0 Å². The molecular formula is C45H73O14P. The van der Waals surface area contributed by atoms with Gasteiger partial charge in [0.05, 0.1) is 6.61 Å². The van der Waals surface area contributed by atoms with Crippen molar-refractivity contribution in [3.63, 3.8) is 0 Å². The van der Waals surface area contributed by atoms with Crippen molar-refractivity contribution in [1.82, 2.24) is 0 Å². The first-order valence-electron chi connectivity index (χ1n) is 21.7. The number of hydrogen-bond donors (Lipinski definition) is 6. The molecule has 1 aliphatic carbocycles. The predicted molar refractivity (Wildman–Crippen MR) is 230 cm³/mol. The fourth-order valence-electron chi connectivity index (χ4n) is 5.92. The van der Waals surface area contributed by atoms with Gasteiger partial charge in [-0.05, 0) is 70.3 Å². The summed E-state index contributed by atoms with van der Waals surface area (Å²) >= 11 is 0. The average molecular weight is 869 g/mol. The van der Waals surface area contributed by atoms with E-state index in [-0.39, 0.29) is 31.5 Å². The number of phosphoric acid groups is 1. The summed E-state index contributed by atoms with van der Waals surface area (Å²) in [4.78, 5) is 47.9. The SMILES string of the molecule is CCC/C=C\C/C=C\CCCCCCCC(=O)OC[C@H](COP(=O)(O)OC1[C@H](O)[C@H](O)C(O)[C@H](O)[C@H]1O)OC(=O)CCCC(=O)/C=C/C=C\C/C=C\C/C=C\CCCCC. The molecule has 0 aromatic rings. The Hall–Kier alpha value is -3.04. The molecule has 0 aliphatic heterocycles. The van der Waals surface area contributed by atoms with Gasteiger partial charge in [0.25, 0.3) is 0 Å². The summed E-state index contributed by atoms with van der Waals surface area (Å²) in [5, 5.41) is 50.0. The maximum absolute atomic E-state index is 12.8. The lowest BCUT2D eigenvalue weighted by atomic mass is 9.85. The van der Waals surface area contributed by atoms with Crippen LogP contribution < -0.4 is 0 Å². The Kier molecular flexibility index (Phi) is 31.6. The van der Waals surface area contributed by atoms with Gasteiger partial charge in [-0.1, -0.05) is 119 Å². The van der Waals surface area contributed by atoms with E-state index in [1.807, 2.05) is 12.2 Å². The standard InChI is InChI=1S/C45H73O14P/c1-3-5-7-9-11-13-15-17-19-21-23-25-27-30-36(46)31-29-33-39(48)58-37(35-57-60(54,55)59-45-43(52)41(50)40(49)42(51)44(45)53)34-56-38(47)32-28-26-24-22-20-18-16-14-12-10-8-6-4-2/h8,10-11,13-14,16-17,19,23,25,27,30,37,40-45,49-53H,3-7,9,12,15,18,20-22,24,26,28-29,31-35H2,1-2H3,(H,54,55)/b10-8-,13-11-,16-14-,19-17-,25-23-,30-27+/t37-,40?,41-,42+,43-,44-,45?/m1/s1. The molecule has 3 unspecified atom stereocenters. The number of allylic oxidation sites excluding steroid dienone is 12. The third kappa shape index (κ3) is 27.0. The number of hydrogen-bond acceptors (Lipinski definition) is 13. The van der Waals surface area contributed by atoms with E-state index >= 15 is 0 Å². The summed E-state index contributed by atoms with van der Waals surface area (Å²) in [7, 11) is -5.19. The number of ether oxygens (including phenoxy) is 2. The second-order valence-corrected chi connectivity index (χ2v) is 16.3. The van der Waals surface area contributed by atoms with E-state index in [1.165, 1.54) is 25.3 Å². The van der Waals surface area contributed by atoms with E-state index in [0.29, 0.717) is 6.42 Å². The van der Waals surface area contributed by atoms with E-state index in [1.54, 1.807) is 12.2 Å². The molecule has 342 valence electrons. The molecule has 15 heteroatoms. The Bertz CT molecular complexity index is 1390. The first kappa shape index (κ1) is 55.0. The van der Waals surface area contributed by atoms with Crippen LogP contribution >= 0.6 is 7.82 Å². The molecule has 8 atom stereocenters. The molecular weight excluding hydrogens is 795 g/mol. The number of carbonyl (C=O) groups is 3. The summed E-state index contributed by atoms with van der Waals surface area (Å²) in [6.45, 7) is 2.96. The Morgan fingerprint density at radius 3 is 1.73 bits per heavy atom. The van der Waals surface area contributed by atoms with Crippen LogP contribution in [0.15, 0.2) is 72.9 Å². The summed E-state index contributed by atoms with van der Waals surface area (Å²) < 4.78 is 33.2. The summed E-state index contributed by atoms with van der Waals surface area (Å²) in [6, 6.07) is 0. The highest BCUT2D eigenvalue weighted by molar-refractivity contribution is 7.47. The van der Waals surface area contributed by atoms with Gasteiger partial charge in [-0.3, -0.25) is 23.4 Å². The summed E-state index contributed by atoms with van der Waals surface area (Å²) in [6.07, 6.45) is 25.3. The largest absolute Gasteiger partial charge is 0.472 e. The maximum Gasteiger partial charge on any atom is 0.472 e. The fourth-order valence-corrected chi connectivity index (χ4v) is 6.90. The monoisotopic (exact) mass is 868 g/mol. The highest BCUT2D eigenvalue weighted by Gasteiger charge is 2.51. The molecule has 0 heterocycles. The zero-order chi connectivity index (χ0) is 44.4. The Labute approximate surface area is 357 Å². The predicted octanol–water partition coefficient (Wildman–Crippen LogP) is 7.12. The van der Waals surface area contributed by atoms with Crippen LogP contribution in [0, 0.1) is 0 Å². The van der Waals surface area contributed by atoms with Crippen molar-refractivity contribution < 1.29 is 67.9 Å². The summed E-state index contributed by atoms with van der Waals surface area (Å²) in [5.74, 6) is -1.59. The fraction of sp³-hybridized carbons (Fsp3) is 0.667. The van der Waals surface area contributed by atoms with Crippen molar-refractivity contribution in [3.05, 3.63) is 72.9 Å². The quantitative estimate of drug-likeness (QED) is 0.00946. The normalized spacial score (nSPS) is 22.8. The Morgan fingerprint density at radius 2 is 1.10 bits per heavy atom. The number of esters is 2. The third-order valence-electron chi connectivity index (χ3n) is 9.48. The molecule has 0 aromatic carbocycles. The Morgan fingerprint density at radius 1 is 0.567 bits per heavy atom. The number of phosphoric ester groups is 1. The van der Waals surface area contributed by atoms with Crippen LogP contribution in [0.25, 0.3) is 0 Å². The minimum absolute atomic E-state index is 0.0473. The van der Waals surface area contributed by atoms with Crippen molar-refractivity contribution in [1.29, 1.82) is 0 Å². The van der Waals surface area contributed by atoms with E-state index < -0.39 is 75.7 Å². The topological polar surface area (TPSA) is 227 Å². The second-order valence-electron chi connectivity index (χ2n) is 14.9. The van der Waals surface area contributed by atoms with E-state index in [0.717, 1.165) is 70.6 Å². The molecule has 0 saturated heterocycles. The van der Waals surface area contributed by atoms with Crippen LogP contribution in [0.4, 0.5) is 0 Å². The van der Waals surface area contributed by atoms with Gasteiger partial charge in [0.1, 0.15) is 43.2 Å². The van der Waals surface area contributed by atoms with E-state index in [9.17, 15) is 49.4 Å². The number of ketones is 1. The molecule has 60 heavy (non-hydrogen) atoms. The van der Waals surface area contributed by atoms with Crippen LogP contribution in [0.3, 0.4) is 0 Å². The van der Waals surface area contributed by atoms with Gasteiger partial charge in [0.2, 0.25) is 0 Å². The van der Waals surface area contributed by atoms with Crippen molar-refractivity contribution in [2.75, 3.05) is 13.2 Å². The van der Waals surface area contributed by atoms with E-state index in [4.69, 9.17) is 18.5 Å². The van der Waals surface area contributed by atoms with Gasteiger partial charge in [-0.2, -0.15) is 0 Å². The van der Waals surface area contributed by atoms with E-state index in [2.05, 4.69) is 56.4 Å². The smallest absolute Gasteiger partial charge is 0.462 e. The van der Waals surface area contributed by atoms with Gasteiger partial charge in [0, 0.05) is 19.3 Å². The zero-order valence-corrected chi connectivity index (χ0v) is 36.6. The number of aliphatic hydroxyl groups excluding tert-OH is 5. The average Bonchev–Trinajstić information content (AvgIpc) is 3.22. The van der Waals surface area contributed by atoms with Crippen molar-refractivity contribution in [3.8, 4) is 0 Å². The number of rotatable bonds is 34. The molecule has 1 fully saturated rings. The minimum Gasteiger partial charge on any atom is -0.462 e. The molecule has 1 saturated carbocycles.